The van der Waals surface area contributed by atoms with Gasteiger partial charge in [-0.1, -0.05) is 332 Å². The number of nitrogens with zero attached hydrogens (tertiary/aromatic N) is 2. The number of aliphatic imine (C=N–C) groups is 2. The van der Waals surface area contributed by atoms with E-state index in [1.54, 1.807) is 0 Å². The SMILES string of the molecule is CCCCCCCCCCCCCCCCCCCC/C=C/CCCc1ccccc1N=C(CCCC)C(CCCCCC)=Nc1ccccc1CCC/C=C/CCCCCCCCCCCCCCCCCCCC.[Pd]. The first kappa shape index (κ1) is 72.9. The van der Waals surface area contributed by atoms with E-state index in [-0.39, 0.29) is 20.4 Å². The van der Waals surface area contributed by atoms with Crippen molar-refractivity contribution in [2.45, 2.75) is 362 Å². The molecule has 0 bridgehead atoms. The summed E-state index contributed by atoms with van der Waals surface area (Å²) in [5.41, 5.74) is 7.51. The molecule has 0 amide bonds. The molecule has 0 aliphatic carbocycles. The summed E-state index contributed by atoms with van der Waals surface area (Å²) >= 11 is 0. The number of para-hydroxylation sites is 2. The molecule has 0 aliphatic rings. The van der Waals surface area contributed by atoms with E-state index in [2.05, 4.69) is 101 Å². The third-order valence-electron chi connectivity index (χ3n) is 16.3. The maximum Gasteiger partial charge on any atom is 0.0665 e. The average Bonchev–Trinajstić information content (AvgIpc) is 3.44. The normalized spacial score (nSPS) is 12.2. The molecule has 444 valence electrons. The van der Waals surface area contributed by atoms with Gasteiger partial charge in [-0.25, -0.2) is 0 Å². The Morgan fingerprint density at radius 3 is 0.805 bits per heavy atom. The Morgan fingerprint density at radius 1 is 0.273 bits per heavy atom. The van der Waals surface area contributed by atoms with E-state index in [1.807, 2.05) is 0 Å². The summed E-state index contributed by atoms with van der Waals surface area (Å²) in [6.45, 7) is 9.24. The van der Waals surface area contributed by atoms with Crippen LogP contribution in [0.4, 0.5) is 11.4 Å². The fourth-order valence-corrected chi connectivity index (χ4v) is 11.2. The van der Waals surface area contributed by atoms with Gasteiger partial charge in [-0.15, -0.1) is 0 Å². The second kappa shape index (κ2) is 58.6. The third-order valence-corrected chi connectivity index (χ3v) is 16.3. The zero-order valence-corrected chi connectivity index (χ0v) is 53.5. The molecule has 0 saturated carbocycles. The van der Waals surface area contributed by atoms with Crippen LogP contribution in [0.1, 0.15) is 360 Å². The van der Waals surface area contributed by atoms with Crippen molar-refractivity contribution in [3.63, 3.8) is 0 Å². The van der Waals surface area contributed by atoms with Gasteiger partial charge in [-0.2, -0.15) is 0 Å². The topological polar surface area (TPSA) is 24.7 Å². The summed E-state index contributed by atoms with van der Waals surface area (Å²) < 4.78 is 0. The van der Waals surface area contributed by atoms with Gasteiger partial charge in [-0.3, -0.25) is 9.98 Å². The van der Waals surface area contributed by atoms with E-state index in [0.717, 1.165) is 56.3 Å². The minimum absolute atomic E-state index is 0. The number of hydrogen-bond donors (Lipinski definition) is 0. The van der Waals surface area contributed by atoms with E-state index in [9.17, 15) is 0 Å². The van der Waals surface area contributed by atoms with Crippen molar-refractivity contribution < 1.29 is 20.4 Å². The average molecular weight is 1150 g/mol. The van der Waals surface area contributed by atoms with Crippen molar-refractivity contribution >= 4 is 22.8 Å². The summed E-state index contributed by atoms with van der Waals surface area (Å²) in [5, 5.41) is 0. The van der Waals surface area contributed by atoms with E-state index in [1.165, 1.54) is 311 Å². The van der Waals surface area contributed by atoms with Crippen LogP contribution in [0.25, 0.3) is 0 Å². The zero-order valence-electron chi connectivity index (χ0n) is 51.9. The molecule has 2 aromatic rings. The number of allylic oxidation sites excluding steroid dienone is 4. The molecular formula is C74H128N2Pd. The van der Waals surface area contributed by atoms with Crippen LogP contribution in [0.3, 0.4) is 0 Å². The Balaban J connectivity index is 0.0000296. The Morgan fingerprint density at radius 2 is 0.506 bits per heavy atom. The van der Waals surface area contributed by atoms with E-state index in [4.69, 9.17) is 9.98 Å². The van der Waals surface area contributed by atoms with Crippen LogP contribution < -0.4 is 0 Å². The van der Waals surface area contributed by atoms with Crippen molar-refractivity contribution in [3.05, 3.63) is 84.0 Å². The van der Waals surface area contributed by atoms with Gasteiger partial charge < -0.3 is 0 Å². The molecule has 0 atom stereocenters. The monoisotopic (exact) mass is 1150 g/mol. The summed E-state index contributed by atoms with van der Waals surface area (Å²) in [5.74, 6) is 0. The fourth-order valence-electron chi connectivity index (χ4n) is 11.2. The molecule has 0 aromatic heterocycles. The van der Waals surface area contributed by atoms with E-state index in [0.29, 0.717) is 0 Å². The van der Waals surface area contributed by atoms with Gasteiger partial charge in [0.25, 0.3) is 0 Å². The maximum atomic E-state index is 5.57. The first-order valence-corrected chi connectivity index (χ1v) is 34.3. The van der Waals surface area contributed by atoms with Gasteiger partial charge in [-0.05, 0) is 113 Å². The largest absolute Gasteiger partial charge is 0.251 e. The van der Waals surface area contributed by atoms with E-state index >= 15 is 0 Å². The Hall–Kier alpha value is -2.08. The molecule has 2 rings (SSSR count). The van der Waals surface area contributed by atoms with E-state index < -0.39 is 0 Å². The molecule has 0 radical (unpaired) electrons. The number of aryl methyl sites for hydroxylation is 2. The molecule has 0 aliphatic heterocycles. The summed E-state index contributed by atoms with van der Waals surface area (Å²) in [7, 11) is 0. The quantitative estimate of drug-likeness (QED) is 0.0273. The molecule has 0 unspecified atom stereocenters. The smallest absolute Gasteiger partial charge is 0.0665 e. The minimum Gasteiger partial charge on any atom is -0.251 e. The van der Waals surface area contributed by atoms with Crippen LogP contribution in [0.5, 0.6) is 0 Å². The molecule has 0 spiro atoms. The minimum atomic E-state index is 0. The number of hydrogen-bond acceptors (Lipinski definition) is 2. The van der Waals surface area contributed by atoms with Crippen molar-refractivity contribution in [3.8, 4) is 0 Å². The van der Waals surface area contributed by atoms with Crippen LogP contribution in [0.2, 0.25) is 0 Å². The molecule has 2 nitrogen and oxygen atoms in total. The van der Waals surface area contributed by atoms with Crippen molar-refractivity contribution in [2.24, 2.45) is 9.98 Å². The molecule has 0 N–H and O–H groups in total. The van der Waals surface area contributed by atoms with Gasteiger partial charge in [0.1, 0.15) is 0 Å². The molecule has 2 aromatic carbocycles. The number of rotatable bonds is 57. The summed E-state index contributed by atoms with van der Waals surface area (Å²) in [6, 6.07) is 18.0. The van der Waals surface area contributed by atoms with Gasteiger partial charge in [0.05, 0.1) is 22.8 Å². The van der Waals surface area contributed by atoms with Crippen LogP contribution in [0.15, 0.2) is 82.8 Å². The van der Waals surface area contributed by atoms with Crippen molar-refractivity contribution in [2.75, 3.05) is 0 Å². The Labute approximate surface area is 495 Å². The molecule has 3 heteroatoms. The first-order chi connectivity index (χ1) is 37.7. The molecule has 0 saturated heterocycles. The molecule has 0 heterocycles. The molecule has 77 heavy (non-hydrogen) atoms. The Kier molecular flexibility index (Phi) is 55.5. The van der Waals surface area contributed by atoms with Crippen LogP contribution in [-0.2, 0) is 33.3 Å². The predicted octanol–water partition coefficient (Wildman–Crippen LogP) is 26.3. The van der Waals surface area contributed by atoms with Gasteiger partial charge in [0, 0.05) is 20.4 Å². The van der Waals surface area contributed by atoms with Gasteiger partial charge >= 0.3 is 0 Å². The van der Waals surface area contributed by atoms with Crippen molar-refractivity contribution in [1.29, 1.82) is 0 Å². The molecule has 0 fully saturated rings. The van der Waals surface area contributed by atoms with Crippen LogP contribution in [-0.4, -0.2) is 11.4 Å². The van der Waals surface area contributed by atoms with Gasteiger partial charge in [0.15, 0.2) is 0 Å². The number of benzene rings is 2. The first-order valence-electron chi connectivity index (χ1n) is 34.3. The van der Waals surface area contributed by atoms with Crippen LogP contribution in [0, 0.1) is 0 Å². The van der Waals surface area contributed by atoms with Crippen LogP contribution >= 0.6 is 0 Å². The standard InChI is InChI=1S/C74H128N2.Pd/c1-5-9-13-16-18-20-22-24-26-28-30-32-34-36-38-40-42-44-46-48-50-52-54-61-69-63-57-59-66-71(69)75-73(65-12-8-4)74(68-56-15-11-7-3)76-72-67-60-58-64-70(72)62-55-53-51-49-47-45-43-41-39-37-35-33-31-29-27-25-23-21-19-17-14-10-6-2;/h48-51,57-60,63-64,66-67H,5-47,52-56,61-62,65,68H2,1-4H3;/b50-48+,51-49+,75-73?,76-74?;. The summed E-state index contributed by atoms with van der Waals surface area (Å²) in [6.07, 6.45) is 80.2. The Bertz CT molecular complexity index is 1650. The second-order valence-corrected chi connectivity index (χ2v) is 23.6. The third kappa shape index (κ3) is 45.3. The number of unbranched alkanes of at least 4 members (excludes halogenated alkanes) is 42. The second-order valence-electron chi connectivity index (χ2n) is 23.6. The zero-order chi connectivity index (χ0) is 54.1. The van der Waals surface area contributed by atoms with Gasteiger partial charge in [0.2, 0.25) is 0 Å². The maximum absolute atomic E-state index is 5.57. The predicted molar refractivity (Wildman–Crippen MR) is 346 cm³/mol. The van der Waals surface area contributed by atoms with Crippen molar-refractivity contribution in [1.82, 2.24) is 0 Å². The summed E-state index contributed by atoms with van der Waals surface area (Å²) in [4.78, 5) is 11.1. The molecular weight excluding hydrogens is 1020 g/mol. The fraction of sp³-hybridized carbons (Fsp3) is 0.757.